The van der Waals surface area contributed by atoms with E-state index >= 15 is 0 Å². The monoisotopic (exact) mass is 275 g/mol. The maximum Gasteiger partial charge on any atom is 0.0897 e. The average molecular weight is 275 g/mol. The fraction of sp³-hybridized carbons (Fsp3) is 1.00. The van der Waals surface area contributed by atoms with Crippen LogP contribution in [-0.2, 0) is 9.47 Å². The predicted octanol–water partition coefficient (Wildman–Crippen LogP) is 2.35. The van der Waals surface area contributed by atoms with E-state index in [2.05, 4.69) is 12.2 Å². The van der Waals surface area contributed by atoms with Gasteiger partial charge < -0.3 is 19.9 Å². The number of nitrogens with one attached hydrogen (secondary N) is 1. The first-order chi connectivity index (χ1) is 9.20. The highest BCUT2D eigenvalue weighted by atomic mass is 16.5. The summed E-state index contributed by atoms with van der Waals surface area (Å²) in [5, 5.41) is 12.9. The van der Waals surface area contributed by atoms with Crippen LogP contribution in [0.3, 0.4) is 0 Å². The Hall–Kier alpha value is -0.160. The maximum absolute atomic E-state index is 9.71. The summed E-state index contributed by atoms with van der Waals surface area (Å²) in [5.74, 6) is 0. The summed E-state index contributed by atoms with van der Waals surface area (Å²) in [6.07, 6.45) is 7.17. The van der Waals surface area contributed by atoms with Crippen LogP contribution in [0.15, 0.2) is 0 Å². The molecule has 0 amide bonds. The van der Waals surface area contributed by atoms with Crippen LogP contribution in [-0.4, -0.2) is 50.7 Å². The summed E-state index contributed by atoms with van der Waals surface area (Å²) in [4.78, 5) is 0. The van der Waals surface area contributed by atoms with Gasteiger partial charge in [-0.15, -0.1) is 0 Å². The van der Waals surface area contributed by atoms with Crippen LogP contribution in [0.25, 0.3) is 0 Å². The van der Waals surface area contributed by atoms with Crippen LogP contribution in [0.5, 0.6) is 0 Å². The standard InChI is InChI=1S/C15H33NO3/c1-4-5-6-7-8-9-10-19-13-15(17)11-16-14(2)12-18-3/h14-17H,4-13H2,1-3H3. The molecule has 19 heavy (non-hydrogen) atoms. The van der Waals surface area contributed by atoms with Gasteiger partial charge in [0.1, 0.15) is 0 Å². The van der Waals surface area contributed by atoms with Gasteiger partial charge >= 0.3 is 0 Å². The van der Waals surface area contributed by atoms with E-state index in [0.717, 1.165) is 13.0 Å². The molecule has 0 rings (SSSR count). The SMILES string of the molecule is CCCCCCCCOCC(O)CNC(C)COC. The van der Waals surface area contributed by atoms with Gasteiger partial charge in [-0.25, -0.2) is 0 Å². The predicted molar refractivity (Wildman–Crippen MR) is 79.5 cm³/mol. The first kappa shape index (κ1) is 18.8. The van der Waals surface area contributed by atoms with Gasteiger partial charge in [-0.3, -0.25) is 0 Å². The van der Waals surface area contributed by atoms with E-state index in [1.165, 1.54) is 32.1 Å². The van der Waals surface area contributed by atoms with Crippen molar-refractivity contribution >= 4 is 0 Å². The molecule has 0 spiro atoms. The van der Waals surface area contributed by atoms with Gasteiger partial charge in [-0.1, -0.05) is 39.0 Å². The Balaban J connectivity index is 3.22. The second-order valence-corrected chi connectivity index (χ2v) is 5.26. The van der Waals surface area contributed by atoms with Crippen LogP contribution in [0.4, 0.5) is 0 Å². The number of ether oxygens (including phenoxy) is 2. The number of hydrogen-bond acceptors (Lipinski definition) is 4. The van der Waals surface area contributed by atoms with E-state index in [0.29, 0.717) is 19.8 Å². The average Bonchev–Trinajstić information content (AvgIpc) is 2.40. The lowest BCUT2D eigenvalue weighted by atomic mass is 10.1. The number of rotatable bonds is 14. The molecule has 116 valence electrons. The molecule has 0 fully saturated rings. The van der Waals surface area contributed by atoms with Crippen LogP contribution < -0.4 is 5.32 Å². The topological polar surface area (TPSA) is 50.7 Å². The maximum atomic E-state index is 9.71. The molecule has 0 heterocycles. The van der Waals surface area contributed by atoms with E-state index in [9.17, 15) is 5.11 Å². The number of unbranched alkanes of at least 4 members (excludes halogenated alkanes) is 5. The van der Waals surface area contributed by atoms with Crippen molar-refractivity contribution in [2.24, 2.45) is 0 Å². The highest BCUT2D eigenvalue weighted by Crippen LogP contribution is 2.04. The Morgan fingerprint density at radius 2 is 1.74 bits per heavy atom. The fourth-order valence-corrected chi connectivity index (χ4v) is 1.91. The van der Waals surface area contributed by atoms with Gasteiger partial charge in [-0.05, 0) is 13.3 Å². The van der Waals surface area contributed by atoms with Crippen LogP contribution in [0.2, 0.25) is 0 Å². The first-order valence-electron chi connectivity index (χ1n) is 7.68. The van der Waals surface area contributed by atoms with Crippen molar-refractivity contribution in [2.75, 3.05) is 33.5 Å². The Bertz CT molecular complexity index is 179. The smallest absolute Gasteiger partial charge is 0.0897 e. The van der Waals surface area contributed by atoms with E-state index in [1.54, 1.807) is 7.11 Å². The minimum Gasteiger partial charge on any atom is -0.389 e. The largest absolute Gasteiger partial charge is 0.389 e. The lowest BCUT2D eigenvalue weighted by Gasteiger charge is -2.16. The van der Waals surface area contributed by atoms with Crippen molar-refractivity contribution in [2.45, 2.75) is 64.5 Å². The number of hydrogen-bond donors (Lipinski definition) is 2. The third kappa shape index (κ3) is 14.1. The highest BCUT2D eigenvalue weighted by molar-refractivity contribution is 4.64. The van der Waals surface area contributed by atoms with Crippen molar-refractivity contribution in [1.82, 2.24) is 5.32 Å². The summed E-state index contributed by atoms with van der Waals surface area (Å²) in [6.45, 7) is 6.66. The minimum atomic E-state index is -0.431. The molecular weight excluding hydrogens is 242 g/mol. The molecule has 0 aromatic heterocycles. The molecule has 0 aromatic rings. The lowest BCUT2D eigenvalue weighted by molar-refractivity contribution is 0.0327. The third-order valence-electron chi connectivity index (χ3n) is 3.07. The quantitative estimate of drug-likeness (QED) is 0.478. The van der Waals surface area contributed by atoms with Crippen LogP contribution in [0, 0.1) is 0 Å². The molecule has 4 heteroatoms. The first-order valence-corrected chi connectivity index (χ1v) is 7.68. The Kier molecular flexibility index (Phi) is 14.1. The van der Waals surface area contributed by atoms with Crippen molar-refractivity contribution in [1.29, 1.82) is 0 Å². The number of aliphatic hydroxyl groups is 1. The third-order valence-corrected chi connectivity index (χ3v) is 3.07. The molecule has 0 aliphatic carbocycles. The molecule has 2 N–H and O–H groups in total. The fourth-order valence-electron chi connectivity index (χ4n) is 1.91. The summed E-state index contributed by atoms with van der Waals surface area (Å²) in [7, 11) is 1.68. The van der Waals surface area contributed by atoms with Crippen LogP contribution >= 0.6 is 0 Å². The van der Waals surface area contributed by atoms with E-state index in [4.69, 9.17) is 9.47 Å². The molecule has 2 atom stereocenters. The van der Waals surface area contributed by atoms with Gasteiger partial charge in [0.25, 0.3) is 0 Å². The van der Waals surface area contributed by atoms with Gasteiger partial charge in [-0.2, -0.15) is 0 Å². The van der Waals surface area contributed by atoms with E-state index in [-0.39, 0.29) is 6.04 Å². The van der Waals surface area contributed by atoms with Gasteiger partial charge in [0.2, 0.25) is 0 Å². The van der Waals surface area contributed by atoms with Gasteiger partial charge in [0.05, 0.1) is 19.3 Å². The minimum absolute atomic E-state index is 0.262. The number of methoxy groups -OCH3 is 1. The van der Waals surface area contributed by atoms with Gasteiger partial charge in [0.15, 0.2) is 0 Å². The lowest BCUT2D eigenvalue weighted by Crippen LogP contribution is -2.38. The van der Waals surface area contributed by atoms with Gasteiger partial charge in [0, 0.05) is 26.3 Å². The van der Waals surface area contributed by atoms with Crippen molar-refractivity contribution < 1.29 is 14.6 Å². The Morgan fingerprint density at radius 3 is 2.42 bits per heavy atom. The molecule has 4 nitrogen and oxygen atoms in total. The van der Waals surface area contributed by atoms with E-state index in [1.807, 2.05) is 6.92 Å². The molecule has 0 saturated carbocycles. The van der Waals surface area contributed by atoms with Crippen molar-refractivity contribution in [3.63, 3.8) is 0 Å². The molecule has 0 saturated heterocycles. The number of aliphatic hydroxyl groups excluding tert-OH is 1. The summed E-state index contributed by atoms with van der Waals surface area (Å²) in [6, 6.07) is 0.262. The normalized spacial score (nSPS) is 14.5. The summed E-state index contributed by atoms with van der Waals surface area (Å²) >= 11 is 0. The van der Waals surface area contributed by atoms with Crippen LogP contribution in [0.1, 0.15) is 52.4 Å². The molecule has 0 aromatic carbocycles. The molecular formula is C15H33NO3. The molecule has 0 aliphatic heterocycles. The second kappa shape index (κ2) is 14.3. The Labute approximate surface area is 118 Å². The zero-order valence-electron chi connectivity index (χ0n) is 13.0. The summed E-state index contributed by atoms with van der Waals surface area (Å²) in [5.41, 5.74) is 0. The highest BCUT2D eigenvalue weighted by Gasteiger charge is 2.06. The second-order valence-electron chi connectivity index (χ2n) is 5.26. The molecule has 2 unspecified atom stereocenters. The van der Waals surface area contributed by atoms with Crippen molar-refractivity contribution in [3.8, 4) is 0 Å². The molecule has 0 bridgehead atoms. The molecule has 0 aliphatic rings. The van der Waals surface area contributed by atoms with E-state index < -0.39 is 6.10 Å². The zero-order valence-corrected chi connectivity index (χ0v) is 13.0. The van der Waals surface area contributed by atoms with Crippen molar-refractivity contribution in [3.05, 3.63) is 0 Å². The Morgan fingerprint density at radius 1 is 1.05 bits per heavy atom. The molecule has 0 radical (unpaired) electrons. The summed E-state index contributed by atoms with van der Waals surface area (Å²) < 4.78 is 10.5. The zero-order chi connectivity index (χ0) is 14.3.